The first kappa shape index (κ1) is 14.6. The predicted octanol–water partition coefficient (Wildman–Crippen LogP) is 2.96. The number of hydrogen-bond acceptors (Lipinski definition) is 2. The molecular weight excluding hydrogens is 182 g/mol. The van der Waals surface area contributed by atoms with Crippen LogP contribution in [0.1, 0.15) is 20.8 Å². The highest BCUT2D eigenvalue weighted by molar-refractivity contribution is 7.78. The number of nitrogens with zero attached hydrogens (tertiary/aromatic N) is 1. The molecule has 0 aromatic carbocycles. The summed E-state index contributed by atoms with van der Waals surface area (Å²) in [5, 5.41) is 0. The molecule has 0 aliphatic rings. The van der Waals surface area contributed by atoms with Crippen LogP contribution in [0.2, 0.25) is 0 Å². The molecule has 0 aromatic heterocycles. The Hall–Kier alpha value is -0.960. The molecule has 0 saturated heterocycles. The van der Waals surface area contributed by atoms with Gasteiger partial charge in [-0.2, -0.15) is 0 Å². The standard InChI is InChI=1S/C8H11NOS.C2H6/c1-4-9(11)8(10)6-5-7(2)3;1-2/h4-6,11H,1-2H2,3H3;1-2H3/b6-5-;. The third kappa shape index (κ3) is 8.95. The van der Waals surface area contributed by atoms with Gasteiger partial charge in [0.2, 0.25) is 0 Å². The van der Waals surface area contributed by atoms with Gasteiger partial charge in [0, 0.05) is 12.3 Å². The Morgan fingerprint density at radius 2 is 1.85 bits per heavy atom. The fraction of sp³-hybridized carbons (Fsp3) is 0.300. The van der Waals surface area contributed by atoms with Crippen molar-refractivity contribution >= 4 is 18.7 Å². The van der Waals surface area contributed by atoms with Crippen molar-refractivity contribution in [2.24, 2.45) is 0 Å². The highest BCUT2D eigenvalue weighted by Gasteiger charge is 1.98. The molecule has 0 saturated carbocycles. The largest absolute Gasteiger partial charge is 0.268 e. The SMILES string of the molecule is C=CN(S)C(=O)/C=C\C(=C)C.CC. The van der Waals surface area contributed by atoms with Crippen LogP contribution in [0.4, 0.5) is 0 Å². The highest BCUT2D eigenvalue weighted by atomic mass is 32.1. The molecule has 0 atom stereocenters. The Morgan fingerprint density at radius 1 is 1.38 bits per heavy atom. The van der Waals surface area contributed by atoms with E-state index in [-0.39, 0.29) is 5.91 Å². The monoisotopic (exact) mass is 199 g/mol. The van der Waals surface area contributed by atoms with Gasteiger partial charge in [-0.15, -0.1) is 0 Å². The molecule has 0 heterocycles. The van der Waals surface area contributed by atoms with E-state index in [1.807, 2.05) is 13.8 Å². The van der Waals surface area contributed by atoms with E-state index in [1.165, 1.54) is 12.3 Å². The number of allylic oxidation sites excluding steroid dienone is 2. The Kier molecular flexibility index (Phi) is 10.2. The molecule has 13 heavy (non-hydrogen) atoms. The van der Waals surface area contributed by atoms with Gasteiger partial charge in [0.25, 0.3) is 5.91 Å². The number of carbonyl (C=O) groups excluding carboxylic acids is 1. The average molecular weight is 199 g/mol. The highest BCUT2D eigenvalue weighted by Crippen LogP contribution is 1.97. The summed E-state index contributed by atoms with van der Waals surface area (Å²) in [6.07, 6.45) is 4.33. The zero-order chi connectivity index (χ0) is 10.9. The van der Waals surface area contributed by atoms with Gasteiger partial charge in [-0.25, -0.2) is 0 Å². The molecular formula is C10H17NOS. The number of carbonyl (C=O) groups is 1. The van der Waals surface area contributed by atoms with E-state index in [1.54, 1.807) is 13.0 Å². The maximum absolute atomic E-state index is 10.9. The lowest BCUT2D eigenvalue weighted by atomic mass is 10.3. The minimum absolute atomic E-state index is 0.230. The van der Waals surface area contributed by atoms with E-state index < -0.39 is 0 Å². The lowest BCUT2D eigenvalue weighted by molar-refractivity contribution is -0.119. The van der Waals surface area contributed by atoms with E-state index in [0.29, 0.717) is 0 Å². The lowest BCUT2D eigenvalue weighted by Crippen LogP contribution is -2.11. The smallest absolute Gasteiger partial charge is 0.260 e. The zero-order valence-electron chi connectivity index (χ0n) is 8.45. The van der Waals surface area contributed by atoms with Crippen LogP contribution in [0, 0.1) is 0 Å². The van der Waals surface area contributed by atoms with Crippen molar-refractivity contribution < 1.29 is 4.79 Å². The van der Waals surface area contributed by atoms with E-state index in [0.717, 1.165) is 9.88 Å². The van der Waals surface area contributed by atoms with Crippen LogP contribution in [0.5, 0.6) is 0 Å². The number of thiol groups is 1. The Labute approximate surface area is 86.2 Å². The molecule has 0 radical (unpaired) electrons. The second-order valence-electron chi connectivity index (χ2n) is 2.05. The van der Waals surface area contributed by atoms with Crippen LogP contribution in [-0.4, -0.2) is 10.2 Å². The van der Waals surface area contributed by atoms with E-state index >= 15 is 0 Å². The Balaban J connectivity index is 0. The Morgan fingerprint density at radius 3 is 2.15 bits per heavy atom. The Bertz CT molecular complexity index is 209. The van der Waals surface area contributed by atoms with Crippen LogP contribution in [0.15, 0.2) is 37.1 Å². The van der Waals surface area contributed by atoms with Crippen LogP contribution in [0.3, 0.4) is 0 Å². The maximum atomic E-state index is 10.9. The van der Waals surface area contributed by atoms with Gasteiger partial charge in [-0.3, -0.25) is 9.10 Å². The molecule has 0 rings (SSSR count). The number of amides is 1. The summed E-state index contributed by atoms with van der Waals surface area (Å²) < 4.78 is 1.10. The van der Waals surface area contributed by atoms with E-state index in [4.69, 9.17) is 0 Å². The molecule has 0 aliphatic heterocycles. The summed E-state index contributed by atoms with van der Waals surface area (Å²) in [4.78, 5) is 10.9. The van der Waals surface area contributed by atoms with Crippen LogP contribution < -0.4 is 0 Å². The molecule has 0 unspecified atom stereocenters. The molecule has 3 heteroatoms. The van der Waals surface area contributed by atoms with Gasteiger partial charge in [-0.1, -0.05) is 51.5 Å². The molecule has 1 amide bonds. The number of hydrogen-bond donors (Lipinski definition) is 1. The van der Waals surface area contributed by atoms with Crippen molar-refractivity contribution in [1.82, 2.24) is 4.31 Å². The summed E-state index contributed by atoms with van der Waals surface area (Å²) in [5.41, 5.74) is 0.823. The second-order valence-corrected chi connectivity index (χ2v) is 2.48. The maximum Gasteiger partial charge on any atom is 0.260 e. The first-order valence-corrected chi connectivity index (χ1v) is 4.46. The average Bonchev–Trinajstić information content (AvgIpc) is 2.16. The molecule has 2 nitrogen and oxygen atoms in total. The predicted molar refractivity (Wildman–Crippen MR) is 61.3 cm³/mol. The van der Waals surface area contributed by atoms with Crippen molar-refractivity contribution in [2.45, 2.75) is 20.8 Å². The van der Waals surface area contributed by atoms with Gasteiger partial charge in [0.15, 0.2) is 0 Å². The fourth-order valence-electron chi connectivity index (χ4n) is 0.380. The number of rotatable bonds is 3. The fourth-order valence-corrected chi connectivity index (χ4v) is 0.447. The van der Waals surface area contributed by atoms with E-state index in [9.17, 15) is 4.79 Å². The quantitative estimate of drug-likeness (QED) is 0.421. The summed E-state index contributed by atoms with van der Waals surface area (Å²) >= 11 is 3.81. The van der Waals surface area contributed by atoms with Gasteiger partial charge in [0.05, 0.1) is 0 Å². The lowest BCUT2D eigenvalue weighted by Gasteiger charge is -2.04. The topological polar surface area (TPSA) is 20.3 Å². The zero-order valence-corrected chi connectivity index (χ0v) is 9.34. The van der Waals surface area contributed by atoms with Gasteiger partial charge in [0.1, 0.15) is 0 Å². The summed E-state index contributed by atoms with van der Waals surface area (Å²) in [7, 11) is 0. The molecule has 0 fully saturated rings. The molecule has 0 spiro atoms. The first-order chi connectivity index (χ1) is 6.07. The molecule has 0 aliphatic carbocycles. The minimum atomic E-state index is -0.230. The van der Waals surface area contributed by atoms with E-state index in [2.05, 4.69) is 26.0 Å². The molecule has 0 bridgehead atoms. The normalized spacial score (nSPS) is 8.62. The van der Waals surface area contributed by atoms with Gasteiger partial charge < -0.3 is 0 Å². The third-order valence-corrected chi connectivity index (χ3v) is 1.27. The molecule has 0 aromatic rings. The van der Waals surface area contributed by atoms with Gasteiger partial charge in [-0.05, 0) is 6.92 Å². The summed E-state index contributed by atoms with van der Waals surface area (Å²) in [6, 6.07) is 0. The van der Waals surface area contributed by atoms with Crippen LogP contribution >= 0.6 is 12.8 Å². The summed E-state index contributed by atoms with van der Waals surface area (Å²) in [6.45, 7) is 12.8. The summed E-state index contributed by atoms with van der Waals surface area (Å²) in [5.74, 6) is -0.230. The molecule has 0 N–H and O–H groups in total. The van der Waals surface area contributed by atoms with Crippen molar-refractivity contribution in [3.05, 3.63) is 37.1 Å². The third-order valence-electron chi connectivity index (χ3n) is 0.909. The van der Waals surface area contributed by atoms with Gasteiger partial charge >= 0.3 is 0 Å². The molecule has 74 valence electrons. The van der Waals surface area contributed by atoms with Crippen molar-refractivity contribution in [3.63, 3.8) is 0 Å². The first-order valence-electron chi connectivity index (χ1n) is 4.06. The van der Waals surface area contributed by atoms with Crippen molar-refractivity contribution in [1.29, 1.82) is 0 Å². The van der Waals surface area contributed by atoms with Crippen LogP contribution in [0.25, 0.3) is 0 Å². The minimum Gasteiger partial charge on any atom is -0.268 e. The van der Waals surface area contributed by atoms with Crippen molar-refractivity contribution in [2.75, 3.05) is 0 Å². The van der Waals surface area contributed by atoms with Crippen molar-refractivity contribution in [3.8, 4) is 0 Å². The van der Waals surface area contributed by atoms with Crippen LogP contribution in [-0.2, 0) is 4.79 Å². The second kappa shape index (κ2) is 9.13.